The van der Waals surface area contributed by atoms with E-state index in [4.69, 9.17) is 19.8 Å². The quantitative estimate of drug-likeness (QED) is 0.924. The van der Waals surface area contributed by atoms with Gasteiger partial charge in [0.25, 0.3) is 0 Å². The molecule has 0 aliphatic rings. The molecule has 0 saturated heterocycles. The summed E-state index contributed by atoms with van der Waals surface area (Å²) in [5, 5.41) is 22.2. The van der Waals surface area contributed by atoms with Crippen LogP contribution in [0.2, 0.25) is 0 Å². The number of aryl methyl sites for hydroxylation is 2. The number of carboxylic acids is 1. The molecule has 0 unspecified atom stereocenters. The maximum Gasteiger partial charge on any atom is 0.335 e. The second-order valence-electron chi connectivity index (χ2n) is 4.27. The molecular weight excluding hydrogens is 274 g/mol. The highest BCUT2D eigenvalue weighted by Crippen LogP contribution is 2.34. The molecule has 0 saturated carbocycles. The monoisotopic (exact) mass is 287 g/mol. The van der Waals surface area contributed by atoms with Crippen LogP contribution >= 0.6 is 0 Å². The standard InChI is InChI=1S/C14H13N3O4/c1-8-10(7-15)13(17(2)16-8)21-11-5-4-9(14(18)19)6-12(11)20-3/h4-6H,1-3H3,(H,18,19). The summed E-state index contributed by atoms with van der Waals surface area (Å²) in [5.41, 5.74) is 0.957. The highest BCUT2D eigenvalue weighted by molar-refractivity contribution is 5.88. The smallest absolute Gasteiger partial charge is 0.335 e. The van der Waals surface area contributed by atoms with Gasteiger partial charge in [0.15, 0.2) is 11.5 Å². The van der Waals surface area contributed by atoms with E-state index < -0.39 is 5.97 Å². The summed E-state index contributed by atoms with van der Waals surface area (Å²) in [6.45, 7) is 1.70. The number of rotatable bonds is 4. The van der Waals surface area contributed by atoms with Crippen LogP contribution < -0.4 is 9.47 Å². The molecule has 0 atom stereocenters. The average Bonchev–Trinajstić information content (AvgIpc) is 2.72. The van der Waals surface area contributed by atoms with Gasteiger partial charge in [-0.05, 0) is 25.1 Å². The lowest BCUT2D eigenvalue weighted by molar-refractivity contribution is 0.0696. The second kappa shape index (κ2) is 5.54. The van der Waals surface area contributed by atoms with Crippen LogP contribution in [0.5, 0.6) is 17.4 Å². The van der Waals surface area contributed by atoms with Crippen molar-refractivity contribution in [2.75, 3.05) is 7.11 Å². The Kier molecular flexibility index (Phi) is 3.80. The molecule has 1 heterocycles. The normalized spacial score (nSPS) is 10.0. The third-order valence-electron chi connectivity index (χ3n) is 2.90. The van der Waals surface area contributed by atoms with Crippen molar-refractivity contribution in [3.63, 3.8) is 0 Å². The number of aromatic nitrogens is 2. The molecule has 1 aromatic heterocycles. The largest absolute Gasteiger partial charge is 0.493 e. The van der Waals surface area contributed by atoms with Crippen molar-refractivity contribution >= 4 is 5.97 Å². The summed E-state index contributed by atoms with van der Waals surface area (Å²) in [6.07, 6.45) is 0. The molecule has 108 valence electrons. The summed E-state index contributed by atoms with van der Waals surface area (Å²) < 4.78 is 12.2. The van der Waals surface area contributed by atoms with E-state index in [9.17, 15) is 4.79 Å². The Labute approximate surface area is 120 Å². The topological polar surface area (TPSA) is 97.4 Å². The lowest BCUT2D eigenvalue weighted by atomic mass is 10.2. The number of benzene rings is 1. The van der Waals surface area contributed by atoms with Gasteiger partial charge in [-0.2, -0.15) is 10.4 Å². The zero-order chi connectivity index (χ0) is 15.6. The number of methoxy groups -OCH3 is 1. The summed E-state index contributed by atoms with van der Waals surface area (Å²) in [7, 11) is 3.06. The third kappa shape index (κ3) is 2.65. The minimum Gasteiger partial charge on any atom is -0.493 e. The molecular formula is C14H13N3O4. The Morgan fingerprint density at radius 1 is 1.43 bits per heavy atom. The Bertz CT molecular complexity index is 743. The molecule has 7 nitrogen and oxygen atoms in total. The first-order valence-corrected chi connectivity index (χ1v) is 6.00. The van der Waals surface area contributed by atoms with Crippen LogP contribution in [0.3, 0.4) is 0 Å². The highest BCUT2D eigenvalue weighted by atomic mass is 16.5. The van der Waals surface area contributed by atoms with Crippen LogP contribution in [0.4, 0.5) is 0 Å². The van der Waals surface area contributed by atoms with E-state index in [0.29, 0.717) is 17.0 Å². The third-order valence-corrected chi connectivity index (χ3v) is 2.90. The van der Waals surface area contributed by atoms with E-state index in [-0.39, 0.29) is 17.2 Å². The van der Waals surface area contributed by atoms with Gasteiger partial charge in [-0.15, -0.1) is 0 Å². The van der Waals surface area contributed by atoms with Crippen molar-refractivity contribution in [3.05, 3.63) is 35.0 Å². The molecule has 0 radical (unpaired) electrons. The Morgan fingerprint density at radius 2 is 2.14 bits per heavy atom. The molecule has 1 N–H and O–H groups in total. The van der Waals surface area contributed by atoms with Gasteiger partial charge in [0, 0.05) is 7.05 Å². The second-order valence-corrected chi connectivity index (χ2v) is 4.27. The van der Waals surface area contributed by atoms with Crippen LogP contribution in [0.1, 0.15) is 21.6 Å². The van der Waals surface area contributed by atoms with E-state index in [1.165, 1.54) is 30.0 Å². The number of hydrogen-bond acceptors (Lipinski definition) is 5. The van der Waals surface area contributed by atoms with Gasteiger partial charge in [-0.1, -0.05) is 0 Å². The van der Waals surface area contributed by atoms with Crippen LogP contribution in [-0.2, 0) is 7.05 Å². The van der Waals surface area contributed by atoms with E-state index in [0.717, 1.165) is 0 Å². The van der Waals surface area contributed by atoms with Gasteiger partial charge in [-0.25, -0.2) is 9.48 Å². The van der Waals surface area contributed by atoms with Gasteiger partial charge in [0.05, 0.1) is 18.4 Å². The summed E-state index contributed by atoms with van der Waals surface area (Å²) in [6, 6.07) is 6.26. The fraction of sp³-hybridized carbons (Fsp3) is 0.214. The average molecular weight is 287 g/mol. The fourth-order valence-corrected chi connectivity index (χ4v) is 1.87. The van der Waals surface area contributed by atoms with E-state index in [2.05, 4.69) is 5.10 Å². The lowest BCUT2D eigenvalue weighted by Gasteiger charge is -2.11. The van der Waals surface area contributed by atoms with Crippen LogP contribution in [0, 0.1) is 18.3 Å². The number of nitrogens with zero attached hydrogens (tertiary/aromatic N) is 3. The molecule has 0 aliphatic heterocycles. The molecule has 0 fully saturated rings. The number of nitriles is 1. The number of carboxylic acid groups (broad SMARTS) is 1. The first kappa shape index (κ1) is 14.4. The van der Waals surface area contributed by atoms with Crippen LogP contribution in [0.25, 0.3) is 0 Å². The molecule has 0 bridgehead atoms. The van der Waals surface area contributed by atoms with Gasteiger partial charge in [0.2, 0.25) is 5.88 Å². The number of carbonyl (C=O) groups is 1. The molecule has 21 heavy (non-hydrogen) atoms. The molecule has 2 rings (SSSR count). The summed E-state index contributed by atoms with van der Waals surface area (Å²) in [4.78, 5) is 10.9. The van der Waals surface area contributed by atoms with E-state index in [1.807, 2.05) is 6.07 Å². The molecule has 2 aromatic rings. The highest BCUT2D eigenvalue weighted by Gasteiger charge is 2.18. The zero-order valence-corrected chi connectivity index (χ0v) is 11.7. The molecule has 0 aliphatic carbocycles. The number of aromatic carboxylic acids is 1. The molecule has 0 spiro atoms. The predicted molar refractivity (Wildman–Crippen MR) is 72.7 cm³/mol. The minimum absolute atomic E-state index is 0.0842. The zero-order valence-electron chi connectivity index (χ0n) is 11.7. The Balaban J connectivity index is 2.45. The first-order valence-electron chi connectivity index (χ1n) is 6.00. The Hall–Kier alpha value is -3.01. The fourth-order valence-electron chi connectivity index (χ4n) is 1.87. The van der Waals surface area contributed by atoms with Gasteiger partial charge in [0.1, 0.15) is 11.6 Å². The predicted octanol–water partition coefficient (Wildman–Crippen LogP) is 2.10. The summed E-state index contributed by atoms with van der Waals surface area (Å²) >= 11 is 0. The lowest BCUT2D eigenvalue weighted by Crippen LogP contribution is -2.00. The maximum atomic E-state index is 10.9. The van der Waals surface area contributed by atoms with Crippen molar-refractivity contribution in [1.29, 1.82) is 5.26 Å². The van der Waals surface area contributed by atoms with Crippen molar-refractivity contribution < 1.29 is 19.4 Å². The number of hydrogen-bond donors (Lipinski definition) is 1. The van der Waals surface area contributed by atoms with E-state index in [1.54, 1.807) is 14.0 Å². The van der Waals surface area contributed by atoms with Crippen molar-refractivity contribution in [2.45, 2.75) is 6.92 Å². The van der Waals surface area contributed by atoms with Crippen molar-refractivity contribution in [3.8, 4) is 23.4 Å². The van der Waals surface area contributed by atoms with E-state index >= 15 is 0 Å². The van der Waals surface area contributed by atoms with Gasteiger partial charge >= 0.3 is 5.97 Å². The van der Waals surface area contributed by atoms with Crippen LogP contribution in [-0.4, -0.2) is 28.0 Å². The van der Waals surface area contributed by atoms with Crippen molar-refractivity contribution in [2.24, 2.45) is 7.05 Å². The first-order chi connectivity index (χ1) is 9.97. The van der Waals surface area contributed by atoms with Crippen molar-refractivity contribution in [1.82, 2.24) is 9.78 Å². The van der Waals surface area contributed by atoms with Crippen LogP contribution in [0.15, 0.2) is 18.2 Å². The number of ether oxygens (including phenoxy) is 2. The minimum atomic E-state index is -1.06. The maximum absolute atomic E-state index is 10.9. The van der Waals surface area contributed by atoms with Gasteiger partial charge < -0.3 is 14.6 Å². The SMILES string of the molecule is COc1cc(C(=O)O)ccc1Oc1c(C#N)c(C)nn1C. The molecule has 1 aromatic carbocycles. The summed E-state index contributed by atoms with van der Waals surface area (Å²) in [5.74, 6) is -0.218. The molecule has 0 amide bonds. The molecule has 7 heteroatoms. The van der Waals surface area contributed by atoms with Gasteiger partial charge in [-0.3, -0.25) is 0 Å². The Morgan fingerprint density at radius 3 is 2.71 bits per heavy atom.